The second kappa shape index (κ2) is 8.97. The van der Waals surface area contributed by atoms with Crippen LogP contribution in [0.4, 0.5) is 18.9 Å². The zero-order valence-electron chi connectivity index (χ0n) is 16.1. The first kappa shape index (κ1) is 21.3. The third kappa shape index (κ3) is 4.97. The first-order chi connectivity index (χ1) is 14.3. The Balaban J connectivity index is 1.81. The Kier molecular flexibility index (Phi) is 6.38. The summed E-state index contributed by atoms with van der Waals surface area (Å²) >= 11 is 0. The molecule has 0 aliphatic rings. The van der Waals surface area contributed by atoms with E-state index in [1.54, 1.807) is 24.3 Å². The van der Waals surface area contributed by atoms with E-state index in [1.165, 1.54) is 29.4 Å². The van der Waals surface area contributed by atoms with Crippen molar-refractivity contribution < 1.29 is 22.3 Å². The monoisotopic (exact) mass is 419 g/mol. The highest BCUT2D eigenvalue weighted by Gasteiger charge is 2.34. The van der Waals surface area contributed by atoms with Crippen molar-refractivity contribution in [3.05, 3.63) is 66.0 Å². The summed E-state index contributed by atoms with van der Waals surface area (Å²) in [5, 5.41) is 8.97. The predicted molar refractivity (Wildman–Crippen MR) is 106 cm³/mol. The largest absolute Gasteiger partial charge is 0.417 e. The number of rotatable bonds is 7. The molecule has 0 saturated carbocycles. The number of ether oxygens (including phenoxy) is 1. The SMILES string of the molecule is CCOC/C(N)=C/N(N)c1ccc(-c2nnc(-c3ccccc3C(F)(F)F)o2)cc1. The molecule has 0 radical (unpaired) electrons. The first-order valence-corrected chi connectivity index (χ1v) is 8.98. The Labute approximate surface area is 170 Å². The fourth-order valence-corrected chi connectivity index (χ4v) is 2.65. The number of alkyl halides is 3. The molecule has 0 bridgehead atoms. The van der Waals surface area contributed by atoms with Gasteiger partial charge in [-0.25, -0.2) is 5.84 Å². The van der Waals surface area contributed by atoms with Crippen LogP contribution in [-0.2, 0) is 10.9 Å². The molecule has 0 spiro atoms. The number of benzene rings is 2. The zero-order valence-corrected chi connectivity index (χ0v) is 16.1. The molecule has 0 atom stereocenters. The number of hydrazine groups is 1. The highest BCUT2D eigenvalue weighted by molar-refractivity contribution is 5.63. The third-order valence-corrected chi connectivity index (χ3v) is 4.08. The van der Waals surface area contributed by atoms with Crippen molar-refractivity contribution in [2.24, 2.45) is 11.6 Å². The van der Waals surface area contributed by atoms with Crippen LogP contribution in [0.3, 0.4) is 0 Å². The van der Waals surface area contributed by atoms with Gasteiger partial charge in [0.2, 0.25) is 11.8 Å². The number of nitrogens with two attached hydrogens (primary N) is 2. The number of anilines is 1. The summed E-state index contributed by atoms with van der Waals surface area (Å²) in [5.41, 5.74) is 6.41. The molecular formula is C20H20F3N5O2. The molecule has 0 aliphatic carbocycles. The Hall–Kier alpha value is -3.37. The number of hydrogen-bond donors (Lipinski definition) is 2. The van der Waals surface area contributed by atoms with Gasteiger partial charge in [-0.2, -0.15) is 13.2 Å². The molecule has 0 unspecified atom stereocenters. The molecule has 30 heavy (non-hydrogen) atoms. The Morgan fingerprint density at radius 2 is 1.77 bits per heavy atom. The molecule has 158 valence electrons. The molecule has 0 saturated heterocycles. The predicted octanol–water partition coefficient (Wildman–Crippen LogP) is 3.94. The maximum atomic E-state index is 13.2. The van der Waals surface area contributed by atoms with Gasteiger partial charge in [0.1, 0.15) is 0 Å². The van der Waals surface area contributed by atoms with Gasteiger partial charge in [-0.3, -0.25) is 5.01 Å². The van der Waals surface area contributed by atoms with E-state index in [0.717, 1.165) is 6.07 Å². The zero-order chi connectivity index (χ0) is 21.7. The minimum atomic E-state index is -4.53. The van der Waals surface area contributed by atoms with Crippen molar-refractivity contribution in [3.8, 4) is 22.9 Å². The van der Waals surface area contributed by atoms with Gasteiger partial charge in [0, 0.05) is 18.4 Å². The van der Waals surface area contributed by atoms with Crippen LogP contribution < -0.4 is 16.6 Å². The van der Waals surface area contributed by atoms with Gasteiger partial charge in [-0.05, 0) is 43.3 Å². The number of aromatic nitrogens is 2. The average Bonchev–Trinajstić information content (AvgIpc) is 3.22. The van der Waals surface area contributed by atoms with Gasteiger partial charge in [0.05, 0.1) is 29.1 Å². The molecule has 1 heterocycles. The summed E-state index contributed by atoms with van der Waals surface area (Å²) < 4.78 is 50.3. The molecule has 3 aromatic rings. The van der Waals surface area contributed by atoms with Crippen LogP contribution in [0.5, 0.6) is 0 Å². The van der Waals surface area contributed by atoms with Crippen molar-refractivity contribution in [2.75, 3.05) is 18.2 Å². The molecule has 3 rings (SSSR count). The van der Waals surface area contributed by atoms with Crippen molar-refractivity contribution in [3.63, 3.8) is 0 Å². The molecular weight excluding hydrogens is 399 g/mol. The van der Waals surface area contributed by atoms with Gasteiger partial charge < -0.3 is 14.9 Å². The normalized spacial score (nSPS) is 12.2. The number of nitrogens with zero attached hydrogens (tertiary/aromatic N) is 3. The van der Waals surface area contributed by atoms with Gasteiger partial charge in [-0.1, -0.05) is 12.1 Å². The highest BCUT2D eigenvalue weighted by Crippen LogP contribution is 2.37. The van der Waals surface area contributed by atoms with Gasteiger partial charge in [0.15, 0.2) is 0 Å². The summed E-state index contributed by atoms with van der Waals surface area (Å²) in [4.78, 5) is 0. The Morgan fingerprint density at radius 1 is 1.10 bits per heavy atom. The van der Waals surface area contributed by atoms with Crippen LogP contribution in [0, 0.1) is 0 Å². The summed E-state index contributed by atoms with van der Waals surface area (Å²) in [6.07, 6.45) is -3.00. The Morgan fingerprint density at radius 3 is 2.43 bits per heavy atom. The van der Waals surface area contributed by atoms with E-state index >= 15 is 0 Å². The fraction of sp³-hybridized carbons (Fsp3) is 0.200. The average molecular weight is 419 g/mol. The summed E-state index contributed by atoms with van der Waals surface area (Å²) in [7, 11) is 0. The molecule has 2 aromatic carbocycles. The van der Waals surface area contributed by atoms with Crippen molar-refractivity contribution >= 4 is 5.69 Å². The molecule has 0 fully saturated rings. The molecule has 4 N–H and O–H groups in total. The molecule has 0 amide bonds. The van der Waals surface area contributed by atoms with E-state index in [1.807, 2.05) is 6.92 Å². The molecule has 0 aliphatic heterocycles. The van der Waals surface area contributed by atoms with Crippen molar-refractivity contribution in [2.45, 2.75) is 13.1 Å². The van der Waals surface area contributed by atoms with Gasteiger partial charge >= 0.3 is 6.18 Å². The van der Waals surface area contributed by atoms with E-state index in [2.05, 4.69) is 10.2 Å². The highest BCUT2D eigenvalue weighted by atomic mass is 19.4. The quantitative estimate of drug-likeness (QED) is 0.442. The minimum Gasteiger partial charge on any atom is -0.416 e. The summed E-state index contributed by atoms with van der Waals surface area (Å²) in [6, 6.07) is 11.7. The van der Waals surface area contributed by atoms with E-state index in [4.69, 9.17) is 20.7 Å². The summed E-state index contributed by atoms with van der Waals surface area (Å²) in [6.45, 7) is 2.65. The van der Waals surface area contributed by atoms with E-state index < -0.39 is 11.7 Å². The van der Waals surface area contributed by atoms with Crippen LogP contribution in [0.1, 0.15) is 12.5 Å². The maximum absolute atomic E-state index is 13.2. The van der Waals surface area contributed by atoms with Crippen LogP contribution in [0.25, 0.3) is 22.9 Å². The minimum absolute atomic E-state index is 0.0866. The van der Waals surface area contributed by atoms with E-state index in [0.29, 0.717) is 23.6 Å². The number of hydrogen-bond acceptors (Lipinski definition) is 7. The van der Waals surface area contributed by atoms with Gasteiger partial charge in [-0.15, -0.1) is 10.2 Å². The topological polar surface area (TPSA) is 103 Å². The molecule has 7 nitrogen and oxygen atoms in total. The summed E-state index contributed by atoms with van der Waals surface area (Å²) in [5.74, 6) is 5.83. The van der Waals surface area contributed by atoms with Gasteiger partial charge in [0.25, 0.3) is 0 Å². The van der Waals surface area contributed by atoms with Crippen LogP contribution in [0.15, 0.2) is 64.8 Å². The smallest absolute Gasteiger partial charge is 0.416 e. The molecule has 10 heteroatoms. The number of halogens is 3. The van der Waals surface area contributed by atoms with Crippen molar-refractivity contribution in [1.29, 1.82) is 0 Å². The Bertz CT molecular complexity index is 1020. The van der Waals surface area contributed by atoms with Crippen LogP contribution in [-0.4, -0.2) is 23.4 Å². The lowest BCUT2D eigenvalue weighted by Gasteiger charge is -2.15. The second-order valence-electron chi connectivity index (χ2n) is 6.25. The maximum Gasteiger partial charge on any atom is 0.417 e. The van der Waals surface area contributed by atoms with Crippen LogP contribution >= 0.6 is 0 Å². The lowest BCUT2D eigenvalue weighted by atomic mass is 10.1. The fourth-order valence-electron chi connectivity index (χ4n) is 2.65. The first-order valence-electron chi connectivity index (χ1n) is 8.98. The second-order valence-corrected chi connectivity index (χ2v) is 6.25. The van der Waals surface area contributed by atoms with Crippen molar-refractivity contribution in [1.82, 2.24) is 10.2 Å². The van der Waals surface area contributed by atoms with E-state index in [9.17, 15) is 13.2 Å². The van der Waals surface area contributed by atoms with Crippen LogP contribution in [0.2, 0.25) is 0 Å². The van der Waals surface area contributed by atoms with E-state index in [-0.39, 0.29) is 24.0 Å². The standard InChI is InChI=1S/C20H20F3N5O2/c1-2-29-12-14(24)11-28(25)15-9-7-13(8-10-15)18-26-27-19(30-18)16-5-3-4-6-17(16)20(21,22)23/h3-11H,2,12,24-25H2,1H3/b14-11-. The molecule has 1 aromatic heterocycles. The third-order valence-electron chi connectivity index (χ3n) is 4.08. The lowest BCUT2D eigenvalue weighted by molar-refractivity contribution is -0.137. The lowest BCUT2D eigenvalue weighted by Crippen LogP contribution is -2.26.